The predicted octanol–water partition coefficient (Wildman–Crippen LogP) is 2.64. The van der Waals surface area contributed by atoms with Crippen molar-refractivity contribution in [3.63, 3.8) is 0 Å². The molecule has 1 aromatic carbocycles. The number of nitrogens with one attached hydrogen (secondary N) is 1. The first-order valence-electron chi connectivity index (χ1n) is 5.59. The molecular formula is C13H8F3NO4. The molecule has 0 unspecified atom stereocenters. The molecule has 2 rings (SSSR count). The first-order valence-corrected chi connectivity index (χ1v) is 5.59. The third kappa shape index (κ3) is 3.62. The Labute approximate surface area is 115 Å². The van der Waals surface area contributed by atoms with E-state index in [-0.39, 0.29) is 11.1 Å². The van der Waals surface area contributed by atoms with Crippen molar-refractivity contribution in [2.24, 2.45) is 0 Å². The van der Waals surface area contributed by atoms with Gasteiger partial charge in [-0.3, -0.25) is 4.79 Å². The molecule has 110 valence electrons. The molecule has 0 bridgehead atoms. The Morgan fingerprint density at radius 3 is 2.52 bits per heavy atom. The maximum absolute atomic E-state index is 12.2. The van der Waals surface area contributed by atoms with Gasteiger partial charge in [0.2, 0.25) is 5.56 Å². The number of benzene rings is 1. The summed E-state index contributed by atoms with van der Waals surface area (Å²) in [5.41, 5.74) is -0.786. The van der Waals surface area contributed by atoms with Crippen molar-refractivity contribution in [3.8, 4) is 16.9 Å². The normalized spacial score (nSPS) is 11.2. The topological polar surface area (TPSA) is 79.4 Å². The van der Waals surface area contributed by atoms with E-state index in [0.717, 1.165) is 18.2 Å². The number of alkyl halides is 3. The molecule has 0 aliphatic carbocycles. The highest BCUT2D eigenvalue weighted by atomic mass is 19.4. The number of aromatic carboxylic acids is 1. The minimum absolute atomic E-state index is 0.0784. The molecule has 1 heterocycles. The fourth-order valence-corrected chi connectivity index (χ4v) is 1.74. The average molecular weight is 299 g/mol. The Morgan fingerprint density at radius 2 is 1.90 bits per heavy atom. The molecule has 1 aromatic heterocycles. The van der Waals surface area contributed by atoms with E-state index in [1.807, 2.05) is 0 Å². The van der Waals surface area contributed by atoms with Crippen molar-refractivity contribution >= 4 is 5.97 Å². The second kappa shape index (κ2) is 5.31. The molecule has 0 atom stereocenters. The van der Waals surface area contributed by atoms with E-state index in [0.29, 0.717) is 0 Å². The van der Waals surface area contributed by atoms with Crippen LogP contribution in [0.15, 0.2) is 41.2 Å². The lowest BCUT2D eigenvalue weighted by Gasteiger charge is -2.11. The van der Waals surface area contributed by atoms with Crippen LogP contribution < -0.4 is 10.3 Å². The van der Waals surface area contributed by atoms with Crippen molar-refractivity contribution in [2.75, 3.05) is 0 Å². The van der Waals surface area contributed by atoms with Gasteiger partial charge in [-0.2, -0.15) is 0 Å². The van der Waals surface area contributed by atoms with Gasteiger partial charge in [0.15, 0.2) is 0 Å². The molecule has 21 heavy (non-hydrogen) atoms. The molecule has 0 amide bonds. The van der Waals surface area contributed by atoms with Gasteiger partial charge in [0.25, 0.3) is 0 Å². The van der Waals surface area contributed by atoms with Crippen LogP contribution in [-0.4, -0.2) is 22.4 Å². The molecule has 0 fully saturated rings. The smallest absolute Gasteiger partial charge is 0.477 e. The maximum Gasteiger partial charge on any atom is 0.573 e. The molecule has 8 heteroatoms. The Kier molecular flexibility index (Phi) is 3.70. The Morgan fingerprint density at radius 1 is 1.19 bits per heavy atom. The average Bonchev–Trinajstić information content (AvgIpc) is 2.36. The van der Waals surface area contributed by atoms with Crippen LogP contribution in [0, 0.1) is 0 Å². The Balaban J connectivity index is 2.50. The van der Waals surface area contributed by atoms with Crippen LogP contribution >= 0.6 is 0 Å². The minimum atomic E-state index is -4.85. The number of pyridine rings is 1. The molecule has 2 aromatic rings. The summed E-state index contributed by atoms with van der Waals surface area (Å²) in [7, 11) is 0. The van der Waals surface area contributed by atoms with Crippen molar-refractivity contribution in [3.05, 3.63) is 52.4 Å². The summed E-state index contributed by atoms with van der Waals surface area (Å²) < 4.78 is 40.3. The largest absolute Gasteiger partial charge is 0.573 e. The fourth-order valence-electron chi connectivity index (χ4n) is 1.74. The number of hydrogen-bond acceptors (Lipinski definition) is 3. The molecule has 0 saturated heterocycles. The quantitative estimate of drug-likeness (QED) is 0.913. The summed E-state index contributed by atoms with van der Waals surface area (Å²) in [6.07, 6.45) is -4.85. The molecule has 0 saturated carbocycles. The molecule has 0 aliphatic heterocycles. The van der Waals surface area contributed by atoms with Gasteiger partial charge in [0.05, 0.1) is 0 Å². The summed E-state index contributed by atoms with van der Waals surface area (Å²) in [6.45, 7) is 0. The zero-order valence-electron chi connectivity index (χ0n) is 10.3. The standard InChI is InChI=1S/C13H8F3NO4/c14-13(15,16)21-8-3-1-2-7(6-8)9-4-5-10(18)17-11(9)12(19)20/h1-6H,(H,17,18)(H,19,20). The maximum atomic E-state index is 12.2. The van der Waals surface area contributed by atoms with E-state index < -0.39 is 29.3 Å². The number of aromatic nitrogens is 1. The van der Waals surface area contributed by atoms with Crippen molar-refractivity contribution in [1.82, 2.24) is 4.98 Å². The number of ether oxygens (including phenoxy) is 1. The molecule has 0 spiro atoms. The fraction of sp³-hybridized carbons (Fsp3) is 0.0769. The molecule has 5 nitrogen and oxygen atoms in total. The van der Waals surface area contributed by atoms with Crippen LogP contribution in [0.1, 0.15) is 10.5 Å². The van der Waals surface area contributed by atoms with E-state index in [1.54, 1.807) is 0 Å². The number of carboxylic acid groups (broad SMARTS) is 1. The van der Waals surface area contributed by atoms with Gasteiger partial charge >= 0.3 is 12.3 Å². The van der Waals surface area contributed by atoms with Gasteiger partial charge in [0.1, 0.15) is 11.4 Å². The number of aromatic amines is 1. The van der Waals surface area contributed by atoms with E-state index >= 15 is 0 Å². The summed E-state index contributed by atoms with van der Waals surface area (Å²) >= 11 is 0. The van der Waals surface area contributed by atoms with Crippen LogP contribution in [-0.2, 0) is 0 Å². The van der Waals surface area contributed by atoms with Gasteiger partial charge < -0.3 is 14.8 Å². The van der Waals surface area contributed by atoms with Crippen LogP contribution in [0.3, 0.4) is 0 Å². The zero-order chi connectivity index (χ0) is 15.6. The van der Waals surface area contributed by atoms with Gasteiger partial charge in [-0.15, -0.1) is 13.2 Å². The number of rotatable bonds is 3. The number of carbonyl (C=O) groups is 1. The summed E-state index contributed by atoms with van der Waals surface area (Å²) in [5.74, 6) is -1.88. The van der Waals surface area contributed by atoms with Gasteiger partial charge in [-0.1, -0.05) is 12.1 Å². The first kappa shape index (κ1) is 14.6. The SMILES string of the molecule is O=C(O)c1[nH]c(=O)ccc1-c1cccc(OC(F)(F)F)c1. The van der Waals surface area contributed by atoms with Gasteiger partial charge in [-0.25, -0.2) is 4.79 Å². The molecule has 0 aliphatic rings. The Bertz CT molecular complexity index is 737. The van der Waals surface area contributed by atoms with Crippen LogP contribution in [0.25, 0.3) is 11.1 Å². The zero-order valence-corrected chi connectivity index (χ0v) is 10.3. The van der Waals surface area contributed by atoms with E-state index in [2.05, 4.69) is 9.72 Å². The lowest BCUT2D eigenvalue weighted by molar-refractivity contribution is -0.274. The number of hydrogen-bond donors (Lipinski definition) is 2. The summed E-state index contributed by atoms with van der Waals surface area (Å²) in [6, 6.07) is 7.11. The predicted molar refractivity (Wildman–Crippen MR) is 66.1 cm³/mol. The minimum Gasteiger partial charge on any atom is -0.477 e. The van der Waals surface area contributed by atoms with Crippen molar-refractivity contribution in [1.29, 1.82) is 0 Å². The summed E-state index contributed by atoms with van der Waals surface area (Å²) in [5, 5.41) is 9.03. The highest BCUT2D eigenvalue weighted by Gasteiger charge is 2.31. The van der Waals surface area contributed by atoms with Crippen LogP contribution in [0.2, 0.25) is 0 Å². The third-order valence-electron chi connectivity index (χ3n) is 2.51. The molecule has 0 radical (unpaired) electrons. The van der Waals surface area contributed by atoms with E-state index in [9.17, 15) is 22.8 Å². The number of H-pyrrole nitrogens is 1. The van der Waals surface area contributed by atoms with Gasteiger partial charge in [-0.05, 0) is 23.8 Å². The van der Waals surface area contributed by atoms with Crippen LogP contribution in [0.5, 0.6) is 5.75 Å². The molecule has 2 N–H and O–H groups in total. The monoisotopic (exact) mass is 299 g/mol. The lowest BCUT2D eigenvalue weighted by atomic mass is 10.0. The van der Waals surface area contributed by atoms with Crippen LogP contribution in [0.4, 0.5) is 13.2 Å². The molecular weight excluding hydrogens is 291 g/mol. The highest BCUT2D eigenvalue weighted by molar-refractivity contribution is 5.93. The lowest BCUT2D eigenvalue weighted by Crippen LogP contribution is -2.17. The summed E-state index contributed by atoms with van der Waals surface area (Å²) in [4.78, 5) is 24.3. The second-order valence-corrected chi connectivity index (χ2v) is 3.99. The van der Waals surface area contributed by atoms with Crippen molar-refractivity contribution < 1.29 is 27.8 Å². The highest BCUT2D eigenvalue weighted by Crippen LogP contribution is 2.28. The number of halogens is 3. The van der Waals surface area contributed by atoms with E-state index in [4.69, 9.17) is 5.11 Å². The van der Waals surface area contributed by atoms with Crippen molar-refractivity contribution in [2.45, 2.75) is 6.36 Å². The third-order valence-corrected chi connectivity index (χ3v) is 2.51. The first-order chi connectivity index (χ1) is 9.76. The second-order valence-electron chi connectivity index (χ2n) is 3.99. The van der Waals surface area contributed by atoms with E-state index in [1.165, 1.54) is 18.2 Å². The number of carboxylic acids is 1. The van der Waals surface area contributed by atoms with Gasteiger partial charge in [0, 0.05) is 11.6 Å². The Hall–Kier alpha value is -2.77.